The number of pyridine rings is 1. The number of hydrogen-bond donors (Lipinski definition) is 2. The maximum Gasteiger partial charge on any atom is 0.173 e. The van der Waals surface area contributed by atoms with Crippen LogP contribution >= 0.6 is 0 Å². The summed E-state index contributed by atoms with van der Waals surface area (Å²) in [6.45, 7) is 7.96. The summed E-state index contributed by atoms with van der Waals surface area (Å²) >= 11 is 0. The predicted molar refractivity (Wildman–Crippen MR) is 77.5 cm³/mol. The van der Waals surface area contributed by atoms with Gasteiger partial charge in [-0.2, -0.15) is 5.10 Å². The van der Waals surface area contributed by atoms with Crippen molar-refractivity contribution in [3.8, 4) is 5.82 Å². The number of nitrogens with zero attached hydrogens (tertiary/aromatic N) is 4. The van der Waals surface area contributed by atoms with Crippen LogP contribution in [0.25, 0.3) is 5.82 Å². The van der Waals surface area contributed by atoms with Crippen LogP contribution < -0.4 is 5.73 Å². The van der Waals surface area contributed by atoms with E-state index in [4.69, 9.17) is 10.9 Å². The molecule has 6 heteroatoms. The van der Waals surface area contributed by atoms with Crippen LogP contribution in [0.15, 0.2) is 17.3 Å². The van der Waals surface area contributed by atoms with E-state index in [1.54, 1.807) is 10.7 Å². The summed E-state index contributed by atoms with van der Waals surface area (Å²) in [6, 6.07) is 3.61. The van der Waals surface area contributed by atoms with Crippen LogP contribution in [0, 0.1) is 20.8 Å². The minimum Gasteiger partial charge on any atom is -0.409 e. The Balaban J connectivity index is 2.72. The second kappa shape index (κ2) is 5.32. The molecule has 0 unspecified atom stereocenters. The van der Waals surface area contributed by atoms with Crippen molar-refractivity contribution in [2.24, 2.45) is 10.9 Å². The molecule has 0 aliphatic heterocycles. The van der Waals surface area contributed by atoms with Crippen molar-refractivity contribution in [3.63, 3.8) is 0 Å². The molecule has 0 fully saturated rings. The highest BCUT2D eigenvalue weighted by Crippen LogP contribution is 2.20. The number of oxime groups is 1. The van der Waals surface area contributed by atoms with Crippen LogP contribution in [0.1, 0.15) is 35.1 Å². The van der Waals surface area contributed by atoms with E-state index in [9.17, 15) is 0 Å². The van der Waals surface area contributed by atoms with Crippen molar-refractivity contribution in [3.05, 3.63) is 40.3 Å². The molecule has 0 bridgehead atoms. The van der Waals surface area contributed by atoms with E-state index in [-0.39, 0.29) is 5.84 Å². The van der Waals surface area contributed by atoms with Crippen molar-refractivity contribution in [2.45, 2.75) is 34.1 Å². The maximum absolute atomic E-state index is 8.91. The Bertz CT molecular complexity index is 672. The molecule has 0 radical (unpaired) electrons. The molecule has 2 aromatic rings. The van der Waals surface area contributed by atoms with Gasteiger partial charge < -0.3 is 10.9 Å². The van der Waals surface area contributed by atoms with Gasteiger partial charge in [-0.25, -0.2) is 9.67 Å². The number of hydrogen-bond acceptors (Lipinski definition) is 4. The quantitative estimate of drug-likeness (QED) is 0.386. The van der Waals surface area contributed by atoms with E-state index in [0.29, 0.717) is 11.4 Å². The second-order valence-corrected chi connectivity index (χ2v) is 4.72. The average molecular weight is 273 g/mol. The Labute approximate surface area is 117 Å². The van der Waals surface area contributed by atoms with Crippen molar-refractivity contribution in [2.75, 3.05) is 0 Å². The molecule has 0 aliphatic carbocycles. The third-order valence-corrected chi connectivity index (χ3v) is 3.39. The van der Waals surface area contributed by atoms with E-state index in [0.717, 1.165) is 23.5 Å². The van der Waals surface area contributed by atoms with E-state index < -0.39 is 0 Å². The summed E-state index contributed by atoms with van der Waals surface area (Å²) in [7, 11) is 0. The number of rotatable bonds is 3. The zero-order valence-corrected chi connectivity index (χ0v) is 12.2. The molecule has 0 saturated heterocycles. The zero-order valence-electron chi connectivity index (χ0n) is 12.2. The number of aryl methyl sites for hydroxylation is 2. The van der Waals surface area contributed by atoms with E-state index in [1.165, 1.54) is 5.56 Å². The highest BCUT2D eigenvalue weighted by atomic mass is 16.4. The summed E-state index contributed by atoms with van der Waals surface area (Å²) in [5, 5.41) is 16.5. The van der Waals surface area contributed by atoms with Gasteiger partial charge in [0.05, 0.1) is 11.3 Å². The Kier molecular flexibility index (Phi) is 3.74. The largest absolute Gasteiger partial charge is 0.409 e. The predicted octanol–water partition coefficient (Wildman–Crippen LogP) is 1.85. The summed E-state index contributed by atoms with van der Waals surface area (Å²) in [5.74, 6) is 0.610. The van der Waals surface area contributed by atoms with Gasteiger partial charge in [-0.15, -0.1) is 0 Å². The van der Waals surface area contributed by atoms with Crippen molar-refractivity contribution < 1.29 is 5.21 Å². The second-order valence-electron chi connectivity index (χ2n) is 4.72. The van der Waals surface area contributed by atoms with Crippen LogP contribution in [0.4, 0.5) is 0 Å². The molecule has 0 atom stereocenters. The zero-order chi connectivity index (χ0) is 14.9. The maximum atomic E-state index is 8.91. The third-order valence-electron chi connectivity index (χ3n) is 3.39. The molecule has 106 valence electrons. The lowest BCUT2D eigenvalue weighted by molar-refractivity contribution is 0.318. The van der Waals surface area contributed by atoms with Gasteiger partial charge in [-0.1, -0.05) is 12.1 Å². The molecule has 20 heavy (non-hydrogen) atoms. The fraction of sp³-hybridized carbons (Fsp3) is 0.357. The van der Waals surface area contributed by atoms with E-state index >= 15 is 0 Å². The van der Waals surface area contributed by atoms with E-state index in [2.05, 4.69) is 22.2 Å². The van der Waals surface area contributed by atoms with Gasteiger partial charge in [0.25, 0.3) is 0 Å². The van der Waals surface area contributed by atoms with Gasteiger partial charge in [0.15, 0.2) is 11.7 Å². The topological polar surface area (TPSA) is 89.3 Å². The minimum atomic E-state index is 0.0260. The Morgan fingerprint density at radius 2 is 2.05 bits per heavy atom. The Hall–Kier alpha value is -2.37. The molecule has 0 aromatic carbocycles. The fourth-order valence-corrected chi connectivity index (χ4v) is 2.35. The van der Waals surface area contributed by atoms with Crippen LogP contribution in [0.5, 0.6) is 0 Å². The third kappa shape index (κ3) is 2.24. The summed E-state index contributed by atoms with van der Waals surface area (Å²) in [4.78, 5) is 4.49. The fourth-order valence-electron chi connectivity index (χ4n) is 2.35. The smallest absolute Gasteiger partial charge is 0.173 e. The van der Waals surface area contributed by atoms with Crippen molar-refractivity contribution >= 4 is 5.84 Å². The first-order valence-corrected chi connectivity index (χ1v) is 6.50. The molecule has 0 saturated carbocycles. The molecule has 2 heterocycles. The number of nitrogens with two attached hydrogens (primary N) is 1. The van der Waals surface area contributed by atoms with Gasteiger partial charge in [-0.3, -0.25) is 0 Å². The van der Waals surface area contributed by atoms with Gasteiger partial charge in [0.2, 0.25) is 0 Å². The van der Waals surface area contributed by atoms with Gasteiger partial charge in [0.1, 0.15) is 0 Å². The molecule has 6 nitrogen and oxygen atoms in total. The first-order valence-electron chi connectivity index (χ1n) is 6.50. The lowest BCUT2D eigenvalue weighted by Crippen LogP contribution is -2.18. The normalized spacial score (nSPS) is 11.9. The number of amidine groups is 1. The van der Waals surface area contributed by atoms with Crippen LogP contribution in [-0.4, -0.2) is 25.8 Å². The van der Waals surface area contributed by atoms with Gasteiger partial charge >= 0.3 is 0 Å². The Morgan fingerprint density at radius 1 is 1.35 bits per heavy atom. The highest BCUT2D eigenvalue weighted by Gasteiger charge is 2.17. The first kappa shape index (κ1) is 14.0. The molecule has 2 rings (SSSR count). The minimum absolute atomic E-state index is 0.0260. The summed E-state index contributed by atoms with van der Waals surface area (Å²) in [5.41, 5.74) is 10.3. The van der Waals surface area contributed by atoms with Crippen LogP contribution in [0.3, 0.4) is 0 Å². The first-order chi connectivity index (χ1) is 9.49. The van der Waals surface area contributed by atoms with Gasteiger partial charge in [-0.05, 0) is 44.9 Å². The summed E-state index contributed by atoms with van der Waals surface area (Å²) in [6.07, 6.45) is 0.905. The molecule has 0 amide bonds. The molecular formula is C14H19N5O. The molecule has 0 spiro atoms. The van der Waals surface area contributed by atoms with E-state index in [1.807, 2.05) is 26.8 Å². The number of aromatic nitrogens is 3. The lowest BCUT2D eigenvalue weighted by Gasteiger charge is -2.10. The highest BCUT2D eigenvalue weighted by molar-refractivity contribution is 5.99. The monoisotopic (exact) mass is 273 g/mol. The Morgan fingerprint density at radius 3 is 2.60 bits per heavy atom. The van der Waals surface area contributed by atoms with Crippen LogP contribution in [0.2, 0.25) is 0 Å². The van der Waals surface area contributed by atoms with Crippen molar-refractivity contribution in [1.82, 2.24) is 14.8 Å². The SMILES string of the molecule is CCc1c(C)nn(-c2nc(C)ccc2C(N)=NO)c1C. The lowest BCUT2D eigenvalue weighted by atomic mass is 10.1. The van der Waals surface area contributed by atoms with Gasteiger partial charge in [0, 0.05) is 11.4 Å². The molecular weight excluding hydrogens is 254 g/mol. The standard InChI is InChI=1S/C14H19N5O/c1-5-11-9(3)17-19(10(11)4)14-12(13(15)18-20)7-6-8(2)16-14/h6-7,20H,5H2,1-4H3,(H2,15,18). The summed E-state index contributed by atoms with van der Waals surface area (Å²) < 4.78 is 1.76. The molecule has 3 N–H and O–H groups in total. The molecule has 0 aliphatic rings. The van der Waals surface area contributed by atoms with Crippen LogP contribution in [-0.2, 0) is 6.42 Å². The average Bonchev–Trinajstić information content (AvgIpc) is 2.72. The van der Waals surface area contributed by atoms with Crippen molar-refractivity contribution in [1.29, 1.82) is 0 Å². The molecule has 2 aromatic heterocycles.